The number of pyridine rings is 2. The number of hydrogen-bond acceptors (Lipinski definition) is 14. The number of nitrogens with zero attached hydrogens (tertiary/aromatic N) is 9. The van der Waals surface area contributed by atoms with Gasteiger partial charge in [0.1, 0.15) is 23.9 Å². The number of alkyl halides is 6. The average Bonchev–Trinajstić information content (AvgIpc) is 4.05. The number of fused-ring (bicyclic) bond motifs is 4. The van der Waals surface area contributed by atoms with Crippen molar-refractivity contribution in [1.29, 1.82) is 0 Å². The molecule has 0 unspecified atom stereocenters. The van der Waals surface area contributed by atoms with Crippen LogP contribution in [0, 0.1) is 0 Å². The summed E-state index contributed by atoms with van der Waals surface area (Å²) in [6.07, 6.45) is 8.23. The summed E-state index contributed by atoms with van der Waals surface area (Å²) in [7, 11) is -6.20. The van der Waals surface area contributed by atoms with E-state index < -0.39 is 44.3 Å². The van der Waals surface area contributed by atoms with Crippen molar-refractivity contribution >= 4 is 75.7 Å². The highest BCUT2D eigenvalue weighted by atomic mass is 79.9. The molecule has 20 nitrogen and oxygen atoms in total. The minimum absolute atomic E-state index is 0.264. The van der Waals surface area contributed by atoms with Crippen LogP contribution in [0.1, 0.15) is 85.3 Å². The second kappa shape index (κ2) is 24.4. The van der Waals surface area contributed by atoms with Crippen LogP contribution in [0.4, 0.5) is 32.0 Å². The maximum absolute atomic E-state index is 11.9. The standard InChI is InChI=1S/C21H26N6O2S.C14H22N4O2S.C7H5BrN2.2C2HF3O2/c1-14-11-18-17(12-27(14)19-4-8-23-21-16(19)3-7-22-21)20(25-13-24-18)15-5-9-26(10-6-15)30(2,28)29;1-10-7-13-12(8-15-10)14(17-9-16-13)11-3-5-18(6-4-11)21(2,19)20;8-6-2-4-10-7-5(6)1-3-9-7;2*3-2(4,5)1(6)7/h3-4,7-8,13-15H,5-6,9-12H2,1-2H3,(H,22,23);9-11,15H,3-8H2,1-2H3;1-4H,(H,9,10);2*(H,6,7)/t14-;10-;;;/m11.../s1. The third kappa shape index (κ3) is 15.4. The number of piperidine rings is 2. The summed E-state index contributed by atoms with van der Waals surface area (Å²) in [6, 6.07) is 8.83. The molecule has 0 spiro atoms. The number of carboxylic acid groups (broad SMARTS) is 2. The summed E-state index contributed by atoms with van der Waals surface area (Å²) in [5, 5.41) is 20.0. The van der Waals surface area contributed by atoms with Crippen molar-refractivity contribution in [2.45, 2.75) is 102 Å². The lowest BCUT2D eigenvalue weighted by Crippen LogP contribution is -2.41. The fourth-order valence-corrected chi connectivity index (χ4v) is 11.3. The molecule has 2 atom stereocenters. The van der Waals surface area contributed by atoms with Gasteiger partial charge >= 0.3 is 24.3 Å². The van der Waals surface area contributed by atoms with Crippen molar-refractivity contribution < 1.29 is 63.0 Å². The third-order valence-electron chi connectivity index (χ3n) is 12.9. The van der Waals surface area contributed by atoms with Crippen molar-refractivity contribution in [2.24, 2.45) is 0 Å². The second-order valence-corrected chi connectivity index (χ2v) is 22.9. The summed E-state index contributed by atoms with van der Waals surface area (Å²) < 4.78 is 115. The Morgan fingerprint density at radius 1 is 0.653 bits per heavy atom. The smallest absolute Gasteiger partial charge is 0.475 e. The first-order chi connectivity index (χ1) is 35.1. The van der Waals surface area contributed by atoms with Gasteiger partial charge in [0.05, 0.1) is 35.3 Å². The van der Waals surface area contributed by atoms with Crippen LogP contribution in [0.5, 0.6) is 0 Å². The summed E-state index contributed by atoms with van der Waals surface area (Å²) in [5.41, 5.74) is 9.89. The third-order valence-corrected chi connectivity index (χ3v) is 16.2. The van der Waals surface area contributed by atoms with E-state index >= 15 is 0 Å². The number of halogens is 7. The summed E-state index contributed by atoms with van der Waals surface area (Å²) in [6.45, 7) is 8.25. The van der Waals surface area contributed by atoms with Crippen molar-refractivity contribution in [3.05, 3.63) is 100 Å². The molecule has 2 saturated heterocycles. The van der Waals surface area contributed by atoms with Gasteiger partial charge in [-0.2, -0.15) is 26.3 Å². The van der Waals surface area contributed by atoms with E-state index in [1.54, 1.807) is 27.5 Å². The molecule has 0 saturated carbocycles. The summed E-state index contributed by atoms with van der Waals surface area (Å²) in [5.74, 6) is -4.91. The van der Waals surface area contributed by atoms with Crippen molar-refractivity contribution in [3.63, 3.8) is 0 Å². The molecule has 4 aliphatic rings. The first-order valence-corrected chi connectivity index (χ1v) is 27.8. The average molecular weight is 1160 g/mol. The molecule has 0 radical (unpaired) electrons. The van der Waals surface area contributed by atoms with E-state index in [4.69, 9.17) is 19.8 Å². The van der Waals surface area contributed by atoms with E-state index in [0.29, 0.717) is 44.2 Å². The first-order valence-electron chi connectivity index (χ1n) is 23.3. The van der Waals surface area contributed by atoms with Gasteiger partial charge in [-0.3, -0.25) is 0 Å². The van der Waals surface area contributed by atoms with E-state index in [0.717, 1.165) is 101 Å². The van der Waals surface area contributed by atoms with E-state index in [1.807, 2.05) is 30.7 Å². The number of anilines is 1. The van der Waals surface area contributed by atoms with Gasteiger partial charge in [-0.15, -0.1) is 0 Å². The Balaban J connectivity index is 0.000000175. The van der Waals surface area contributed by atoms with Crippen LogP contribution in [0.15, 0.2) is 66.2 Å². The lowest BCUT2D eigenvalue weighted by molar-refractivity contribution is -0.193. The normalized spacial score (nSPS) is 18.9. The summed E-state index contributed by atoms with van der Waals surface area (Å²) >= 11 is 3.42. The number of H-pyrrole nitrogens is 2. The van der Waals surface area contributed by atoms with Gasteiger partial charge in [0.25, 0.3) is 0 Å². The molecule has 0 aromatic carbocycles. The number of aromatic amines is 2. The van der Waals surface area contributed by atoms with Crippen molar-refractivity contribution in [2.75, 3.05) is 43.6 Å². The van der Waals surface area contributed by atoms with Crippen LogP contribution in [0.25, 0.3) is 22.1 Å². The zero-order chi connectivity index (χ0) is 55.0. The van der Waals surface area contributed by atoms with Gasteiger partial charge < -0.3 is 30.4 Å². The molecule has 4 aliphatic heterocycles. The van der Waals surface area contributed by atoms with Gasteiger partial charge in [-0.25, -0.2) is 64.9 Å². The van der Waals surface area contributed by atoms with Crippen LogP contribution < -0.4 is 10.2 Å². The predicted molar refractivity (Wildman–Crippen MR) is 267 cm³/mol. The second-order valence-electron chi connectivity index (χ2n) is 18.1. The van der Waals surface area contributed by atoms with Crippen LogP contribution in [-0.4, -0.2) is 151 Å². The molecule has 2 fully saturated rings. The molecule has 6 aromatic heterocycles. The minimum Gasteiger partial charge on any atom is -0.475 e. The molecule has 6 aromatic rings. The largest absolute Gasteiger partial charge is 0.490 e. The van der Waals surface area contributed by atoms with Crippen LogP contribution in [0.3, 0.4) is 0 Å². The number of hydrogen-bond donors (Lipinski definition) is 5. The summed E-state index contributed by atoms with van der Waals surface area (Å²) in [4.78, 5) is 53.2. The van der Waals surface area contributed by atoms with Crippen molar-refractivity contribution in [3.8, 4) is 0 Å². The zero-order valence-electron chi connectivity index (χ0n) is 40.9. The number of rotatable bonds is 5. The molecule has 5 N–H and O–H groups in total. The Morgan fingerprint density at radius 3 is 1.56 bits per heavy atom. The molecule has 0 aliphatic carbocycles. The van der Waals surface area contributed by atoms with E-state index in [9.17, 15) is 43.2 Å². The minimum atomic E-state index is -5.08. The van der Waals surface area contributed by atoms with Gasteiger partial charge in [0.15, 0.2) is 0 Å². The van der Waals surface area contributed by atoms with Crippen LogP contribution in [-0.2, 0) is 55.6 Å². The molecule has 29 heteroatoms. The van der Waals surface area contributed by atoms with Crippen LogP contribution in [0.2, 0.25) is 0 Å². The van der Waals surface area contributed by atoms with Gasteiger partial charge in [-0.1, -0.05) is 0 Å². The molecule has 75 heavy (non-hydrogen) atoms. The molecule has 408 valence electrons. The quantitative estimate of drug-likeness (QED) is 0.113. The zero-order valence-corrected chi connectivity index (χ0v) is 44.1. The lowest BCUT2D eigenvalue weighted by Gasteiger charge is -2.38. The Labute approximate surface area is 436 Å². The Kier molecular flexibility index (Phi) is 19.0. The number of carboxylic acids is 2. The molecule has 0 amide bonds. The monoisotopic (exact) mass is 1160 g/mol. The topological polar surface area (TPSA) is 274 Å². The predicted octanol–water partition coefficient (Wildman–Crippen LogP) is 6.68. The first kappa shape index (κ1) is 58.4. The Bertz CT molecular complexity index is 3140. The number of aliphatic carboxylic acids is 2. The lowest BCUT2D eigenvalue weighted by atomic mass is 9.87. The molecule has 0 bridgehead atoms. The van der Waals surface area contributed by atoms with E-state index in [-0.39, 0.29) is 5.92 Å². The van der Waals surface area contributed by atoms with Crippen molar-refractivity contribution in [1.82, 2.24) is 53.8 Å². The maximum Gasteiger partial charge on any atom is 0.490 e. The fraction of sp³-hybridized carbons (Fsp3) is 0.478. The highest BCUT2D eigenvalue weighted by Gasteiger charge is 2.39. The van der Waals surface area contributed by atoms with Gasteiger partial charge in [0.2, 0.25) is 20.0 Å². The molecule has 10 heterocycles. The number of carbonyl (C=O) groups is 2. The van der Waals surface area contributed by atoms with Gasteiger partial charge in [-0.05, 0) is 79.7 Å². The Morgan fingerprint density at radius 2 is 1.09 bits per heavy atom. The molecular weight excluding hydrogens is 1110 g/mol. The van der Waals surface area contributed by atoms with Gasteiger partial charge in [0, 0.05) is 133 Å². The number of sulfonamides is 2. The molecule has 10 rings (SSSR count). The highest BCUT2D eigenvalue weighted by Crippen LogP contribution is 2.37. The Hall–Kier alpha value is -5.88. The SMILES string of the molecule is Brc1ccnc2[nH]ccc12.C[C@@H]1Cc2ncnc(C3CCN(S(C)(=O)=O)CC3)c2CN1.C[C@@H]1Cc2ncnc(C3CCN(S(C)(=O)=O)CC3)c2CN1c1ccnc2[nH]ccc12.O=C(O)C(F)(F)F.O=C(O)C(F)(F)F. The molecular formula is C46H55BrF6N12O8S2. The number of nitrogens with one attached hydrogen (secondary N) is 3. The maximum atomic E-state index is 11.9. The highest BCUT2D eigenvalue weighted by molar-refractivity contribution is 9.10. The number of aromatic nitrogens is 8. The fourth-order valence-electron chi connectivity index (χ4n) is 9.07. The van der Waals surface area contributed by atoms with Crippen LogP contribution >= 0.6 is 15.9 Å². The van der Waals surface area contributed by atoms with E-state index in [2.05, 4.69) is 92.0 Å². The van der Waals surface area contributed by atoms with E-state index in [1.165, 1.54) is 29.3 Å².